The number of carbonyl (C=O) groups excluding carboxylic acids is 1. The molecule has 18 heavy (non-hydrogen) atoms. The summed E-state index contributed by atoms with van der Waals surface area (Å²) >= 11 is 0. The summed E-state index contributed by atoms with van der Waals surface area (Å²) in [5, 5.41) is 0. The second kappa shape index (κ2) is 5.08. The smallest absolute Gasteiger partial charge is 0.252 e. The normalized spacial score (nSPS) is 21.2. The van der Waals surface area contributed by atoms with Gasteiger partial charge in [0.05, 0.1) is 6.61 Å². The van der Waals surface area contributed by atoms with Gasteiger partial charge in [0, 0.05) is 5.92 Å². The molecule has 1 aromatic rings. The van der Waals surface area contributed by atoms with Crippen LogP contribution in [-0.2, 0) is 4.79 Å². The number of rotatable bonds is 4. The van der Waals surface area contributed by atoms with Crippen molar-refractivity contribution in [3.05, 3.63) is 29.8 Å². The summed E-state index contributed by atoms with van der Waals surface area (Å²) in [6, 6.07) is 7.80. The third-order valence-corrected chi connectivity index (χ3v) is 2.97. The van der Waals surface area contributed by atoms with Gasteiger partial charge in [-0.05, 0) is 37.0 Å². The van der Waals surface area contributed by atoms with Crippen molar-refractivity contribution in [3.63, 3.8) is 0 Å². The molecular weight excluding hydrogens is 230 g/mol. The topological polar surface area (TPSA) is 90.7 Å². The van der Waals surface area contributed by atoms with Crippen LogP contribution in [0.2, 0.25) is 0 Å². The van der Waals surface area contributed by atoms with Crippen molar-refractivity contribution in [2.45, 2.75) is 19.3 Å². The molecule has 1 aliphatic carbocycles. The van der Waals surface area contributed by atoms with Crippen LogP contribution in [0.15, 0.2) is 29.3 Å². The first-order chi connectivity index (χ1) is 8.61. The average Bonchev–Trinajstić information content (AvgIpc) is 3.09. The summed E-state index contributed by atoms with van der Waals surface area (Å²) in [7, 11) is 0. The largest absolute Gasteiger partial charge is 0.494 e. The number of amides is 1. The fourth-order valence-corrected chi connectivity index (χ4v) is 2.02. The van der Waals surface area contributed by atoms with Gasteiger partial charge in [-0.2, -0.15) is 4.99 Å². The van der Waals surface area contributed by atoms with Gasteiger partial charge in [0.2, 0.25) is 0 Å². The van der Waals surface area contributed by atoms with Crippen LogP contribution < -0.4 is 16.2 Å². The fraction of sp³-hybridized carbons (Fsp3) is 0.385. The number of guanidine groups is 1. The van der Waals surface area contributed by atoms with Crippen molar-refractivity contribution in [1.82, 2.24) is 0 Å². The van der Waals surface area contributed by atoms with E-state index in [1.54, 1.807) is 0 Å². The Morgan fingerprint density at radius 2 is 2.06 bits per heavy atom. The van der Waals surface area contributed by atoms with Gasteiger partial charge in [0.15, 0.2) is 5.96 Å². The molecule has 1 aliphatic rings. The Labute approximate surface area is 106 Å². The van der Waals surface area contributed by atoms with Gasteiger partial charge in [0.25, 0.3) is 5.91 Å². The van der Waals surface area contributed by atoms with Crippen LogP contribution in [0.5, 0.6) is 5.75 Å². The molecule has 0 radical (unpaired) electrons. The quantitative estimate of drug-likeness (QED) is 0.613. The Hall–Kier alpha value is -2.04. The molecule has 2 rings (SSSR count). The number of nitrogens with two attached hydrogens (primary N) is 2. The molecule has 0 bridgehead atoms. The first kappa shape index (κ1) is 12.4. The summed E-state index contributed by atoms with van der Waals surface area (Å²) in [5.74, 6) is 0.599. The maximum absolute atomic E-state index is 11.6. The molecule has 1 fully saturated rings. The summed E-state index contributed by atoms with van der Waals surface area (Å²) in [5.41, 5.74) is 11.5. The number of ether oxygens (including phenoxy) is 1. The van der Waals surface area contributed by atoms with E-state index >= 15 is 0 Å². The van der Waals surface area contributed by atoms with Gasteiger partial charge in [-0.25, -0.2) is 0 Å². The molecular formula is C13H17N3O2. The Balaban J connectivity index is 1.99. The zero-order valence-corrected chi connectivity index (χ0v) is 10.3. The minimum Gasteiger partial charge on any atom is -0.494 e. The lowest BCUT2D eigenvalue weighted by Gasteiger charge is -2.04. The summed E-state index contributed by atoms with van der Waals surface area (Å²) in [4.78, 5) is 15.2. The monoisotopic (exact) mass is 247 g/mol. The number of hydrogen-bond acceptors (Lipinski definition) is 2. The molecule has 4 N–H and O–H groups in total. The highest BCUT2D eigenvalue weighted by molar-refractivity contribution is 5.94. The second-order valence-corrected chi connectivity index (χ2v) is 4.33. The summed E-state index contributed by atoms with van der Waals surface area (Å²) < 4.78 is 5.37. The van der Waals surface area contributed by atoms with Gasteiger partial charge in [0.1, 0.15) is 5.75 Å². The van der Waals surface area contributed by atoms with E-state index in [9.17, 15) is 4.79 Å². The van der Waals surface area contributed by atoms with Crippen LogP contribution in [0, 0.1) is 5.92 Å². The molecule has 1 amide bonds. The highest BCUT2D eigenvalue weighted by Crippen LogP contribution is 2.48. The first-order valence-electron chi connectivity index (χ1n) is 5.98. The van der Waals surface area contributed by atoms with E-state index in [1.165, 1.54) is 0 Å². The molecule has 0 heterocycles. The van der Waals surface area contributed by atoms with Crippen molar-refractivity contribution in [2.24, 2.45) is 22.4 Å². The van der Waals surface area contributed by atoms with E-state index in [-0.39, 0.29) is 23.7 Å². The Bertz CT molecular complexity index is 464. The van der Waals surface area contributed by atoms with Crippen LogP contribution in [0.1, 0.15) is 24.8 Å². The highest BCUT2D eigenvalue weighted by Gasteiger charge is 2.43. The van der Waals surface area contributed by atoms with Gasteiger partial charge in [-0.15, -0.1) is 0 Å². The third kappa shape index (κ3) is 2.80. The molecule has 0 aromatic heterocycles. The Kier molecular flexibility index (Phi) is 3.50. The number of hydrogen-bond donors (Lipinski definition) is 2. The predicted molar refractivity (Wildman–Crippen MR) is 69.3 cm³/mol. The van der Waals surface area contributed by atoms with Crippen molar-refractivity contribution in [1.29, 1.82) is 0 Å². The fourth-order valence-electron chi connectivity index (χ4n) is 2.02. The standard InChI is InChI=1S/C13H17N3O2/c1-2-18-9-5-3-8(4-6-9)10-7-11(10)12(17)16-13(14)15/h3-6,10-11H,2,7H2,1H3,(H4,14,15,16,17). The maximum Gasteiger partial charge on any atom is 0.252 e. The highest BCUT2D eigenvalue weighted by atomic mass is 16.5. The predicted octanol–water partition coefficient (Wildman–Crippen LogP) is 0.989. The molecule has 0 aliphatic heterocycles. The van der Waals surface area contributed by atoms with E-state index in [0.717, 1.165) is 17.7 Å². The van der Waals surface area contributed by atoms with Crippen molar-refractivity contribution in [2.75, 3.05) is 6.61 Å². The van der Waals surface area contributed by atoms with E-state index in [4.69, 9.17) is 16.2 Å². The second-order valence-electron chi connectivity index (χ2n) is 4.33. The number of benzene rings is 1. The van der Waals surface area contributed by atoms with Gasteiger partial charge in [-0.1, -0.05) is 12.1 Å². The van der Waals surface area contributed by atoms with Crippen molar-refractivity contribution in [3.8, 4) is 5.75 Å². The lowest BCUT2D eigenvalue weighted by molar-refractivity contribution is -0.119. The number of aliphatic imine (C=N–C) groups is 1. The zero-order chi connectivity index (χ0) is 13.1. The van der Waals surface area contributed by atoms with E-state index in [1.807, 2.05) is 31.2 Å². The lowest BCUT2D eigenvalue weighted by atomic mass is 10.1. The zero-order valence-electron chi connectivity index (χ0n) is 10.3. The molecule has 1 saturated carbocycles. The first-order valence-corrected chi connectivity index (χ1v) is 5.98. The van der Waals surface area contributed by atoms with E-state index in [2.05, 4.69) is 4.99 Å². The van der Waals surface area contributed by atoms with Crippen LogP contribution in [-0.4, -0.2) is 18.5 Å². The Morgan fingerprint density at radius 3 is 2.61 bits per heavy atom. The SMILES string of the molecule is CCOc1ccc(C2CC2C(=O)N=C(N)N)cc1. The molecule has 0 saturated heterocycles. The molecule has 1 aromatic carbocycles. The Morgan fingerprint density at radius 1 is 1.39 bits per heavy atom. The number of nitrogens with zero attached hydrogens (tertiary/aromatic N) is 1. The van der Waals surface area contributed by atoms with Gasteiger partial charge >= 0.3 is 0 Å². The minimum atomic E-state index is -0.228. The molecule has 2 unspecified atom stereocenters. The minimum absolute atomic E-state index is 0.0787. The average molecular weight is 247 g/mol. The van der Waals surface area contributed by atoms with Crippen molar-refractivity contribution >= 4 is 11.9 Å². The summed E-state index contributed by atoms with van der Waals surface area (Å²) in [6.07, 6.45) is 0.809. The number of carbonyl (C=O) groups is 1. The van der Waals surface area contributed by atoms with Crippen LogP contribution >= 0.6 is 0 Å². The van der Waals surface area contributed by atoms with Crippen molar-refractivity contribution < 1.29 is 9.53 Å². The van der Waals surface area contributed by atoms with Crippen LogP contribution in [0.25, 0.3) is 0 Å². The van der Waals surface area contributed by atoms with Gasteiger partial charge < -0.3 is 16.2 Å². The molecule has 96 valence electrons. The molecule has 0 spiro atoms. The van der Waals surface area contributed by atoms with E-state index in [0.29, 0.717) is 6.61 Å². The molecule has 2 atom stereocenters. The lowest BCUT2D eigenvalue weighted by Crippen LogP contribution is -2.24. The maximum atomic E-state index is 11.6. The summed E-state index contributed by atoms with van der Waals surface area (Å²) in [6.45, 7) is 2.59. The van der Waals surface area contributed by atoms with E-state index < -0.39 is 0 Å². The molecule has 5 heteroatoms. The van der Waals surface area contributed by atoms with Gasteiger partial charge in [-0.3, -0.25) is 4.79 Å². The molecule has 5 nitrogen and oxygen atoms in total. The van der Waals surface area contributed by atoms with Crippen LogP contribution in [0.3, 0.4) is 0 Å². The van der Waals surface area contributed by atoms with Crippen LogP contribution in [0.4, 0.5) is 0 Å². The third-order valence-electron chi connectivity index (χ3n) is 2.97.